The van der Waals surface area contributed by atoms with Crippen molar-refractivity contribution >= 4 is 45.5 Å². The number of para-hydroxylation sites is 1. The first-order valence-electron chi connectivity index (χ1n) is 9.28. The molecule has 0 spiro atoms. The molecule has 4 amide bonds. The summed E-state index contributed by atoms with van der Waals surface area (Å²) in [6.07, 6.45) is 1.54. The predicted molar refractivity (Wildman–Crippen MR) is 118 cm³/mol. The van der Waals surface area contributed by atoms with E-state index in [2.05, 4.69) is 21.2 Å². The van der Waals surface area contributed by atoms with Crippen LogP contribution in [0.2, 0.25) is 0 Å². The van der Waals surface area contributed by atoms with Gasteiger partial charge in [-0.1, -0.05) is 34.1 Å². The zero-order valence-corrected chi connectivity index (χ0v) is 17.9. The van der Waals surface area contributed by atoms with Gasteiger partial charge in [-0.05, 0) is 68.0 Å². The maximum absolute atomic E-state index is 13.0. The minimum absolute atomic E-state index is 0.0884. The molecule has 1 aliphatic heterocycles. The largest absolute Gasteiger partial charge is 0.335 e. The van der Waals surface area contributed by atoms with Gasteiger partial charge in [0.25, 0.3) is 11.8 Å². The standard InChI is InChI=1S/C23H18BrN3O3/c1-14-12-16(15(2)26(14)19-10-8-17(24)9-11-19)13-20-21(28)25-23(30)27(22(20)29)18-6-4-3-5-7-18/h3-13H,1-2H3,(H,25,28,30). The van der Waals surface area contributed by atoms with Crippen molar-refractivity contribution in [3.05, 3.63) is 87.7 Å². The Morgan fingerprint density at radius 1 is 0.900 bits per heavy atom. The number of carbonyl (C=O) groups is 3. The lowest BCUT2D eigenvalue weighted by molar-refractivity contribution is -0.122. The number of nitrogens with zero attached hydrogens (tertiary/aromatic N) is 2. The number of amides is 4. The summed E-state index contributed by atoms with van der Waals surface area (Å²) in [6.45, 7) is 3.88. The van der Waals surface area contributed by atoms with Crippen LogP contribution < -0.4 is 10.2 Å². The highest BCUT2D eigenvalue weighted by molar-refractivity contribution is 9.10. The van der Waals surface area contributed by atoms with Crippen LogP contribution in [0.4, 0.5) is 10.5 Å². The molecule has 0 radical (unpaired) electrons. The molecule has 3 aromatic rings. The number of aromatic nitrogens is 1. The highest BCUT2D eigenvalue weighted by Crippen LogP contribution is 2.26. The number of nitrogens with one attached hydrogen (secondary N) is 1. The summed E-state index contributed by atoms with van der Waals surface area (Å²) in [5.74, 6) is -1.35. The first-order chi connectivity index (χ1) is 14.4. The van der Waals surface area contributed by atoms with Crippen molar-refractivity contribution in [1.82, 2.24) is 9.88 Å². The normalized spacial score (nSPS) is 15.6. The number of rotatable bonds is 3. The van der Waals surface area contributed by atoms with Crippen LogP contribution in [0.15, 0.2) is 70.7 Å². The van der Waals surface area contributed by atoms with Gasteiger partial charge in [0, 0.05) is 21.5 Å². The van der Waals surface area contributed by atoms with Gasteiger partial charge in [-0.25, -0.2) is 9.69 Å². The summed E-state index contributed by atoms with van der Waals surface area (Å²) >= 11 is 3.44. The van der Waals surface area contributed by atoms with Crippen LogP contribution in [0.5, 0.6) is 0 Å². The van der Waals surface area contributed by atoms with Crippen LogP contribution >= 0.6 is 15.9 Å². The first-order valence-corrected chi connectivity index (χ1v) is 10.1. The lowest BCUT2D eigenvalue weighted by Gasteiger charge is -2.26. The van der Waals surface area contributed by atoms with E-state index in [0.29, 0.717) is 5.69 Å². The van der Waals surface area contributed by atoms with Crippen LogP contribution in [-0.2, 0) is 9.59 Å². The van der Waals surface area contributed by atoms with Crippen LogP contribution in [0.25, 0.3) is 11.8 Å². The highest BCUT2D eigenvalue weighted by atomic mass is 79.9. The SMILES string of the molecule is Cc1cc(C=C2C(=O)NC(=O)N(c3ccccc3)C2=O)c(C)n1-c1ccc(Br)cc1. The van der Waals surface area contributed by atoms with Crippen molar-refractivity contribution in [2.24, 2.45) is 0 Å². The van der Waals surface area contributed by atoms with Gasteiger partial charge in [0.2, 0.25) is 0 Å². The van der Waals surface area contributed by atoms with Crippen molar-refractivity contribution < 1.29 is 14.4 Å². The van der Waals surface area contributed by atoms with E-state index in [-0.39, 0.29) is 5.57 Å². The van der Waals surface area contributed by atoms with Gasteiger partial charge < -0.3 is 4.57 Å². The Balaban J connectivity index is 1.76. The van der Waals surface area contributed by atoms with E-state index in [9.17, 15) is 14.4 Å². The summed E-state index contributed by atoms with van der Waals surface area (Å²) < 4.78 is 3.02. The molecular formula is C23H18BrN3O3. The molecule has 150 valence electrons. The third-order valence-corrected chi connectivity index (χ3v) is 5.50. The Hall–Kier alpha value is -3.45. The molecule has 0 atom stereocenters. The lowest BCUT2D eigenvalue weighted by Crippen LogP contribution is -2.54. The molecule has 2 heterocycles. The molecular weight excluding hydrogens is 446 g/mol. The molecule has 0 aliphatic carbocycles. The average molecular weight is 464 g/mol. The van der Waals surface area contributed by atoms with Crippen LogP contribution in [0.1, 0.15) is 17.0 Å². The predicted octanol–water partition coefficient (Wildman–Crippen LogP) is 4.52. The zero-order chi connectivity index (χ0) is 21.4. The van der Waals surface area contributed by atoms with Gasteiger partial charge in [0.05, 0.1) is 5.69 Å². The maximum Gasteiger partial charge on any atom is 0.335 e. The molecule has 0 saturated carbocycles. The van der Waals surface area contributed by atoms with E-state index in [4.69, 9.17) is 0 Å². The maximum atomic E-state index is 13.0. The second kappa shape index (κ2) is 7.76. The number of anilines is 1. The second-order valence-electron chi connectivity index (χ2n) is 6.93. The van der Waals surface area contributed by atoms with Crippen molar-refractivity contribution in [1.29, 1.82) is 0 Å². The number of hydrogen-bond donors (Lipinski definition) is 1. The molecule has 1 saturated heterocycles. The summed E-state index contributed by atoms with van der Waals surface area (Å²) in [4.78, 5) is 38.7. The van der Waals surface area contributed by atoms with E-state index in [1.54, 1.807) is 30.3 Å². The second-order valence-corrected chi connectivity index (χ2v) is 7.85. The van der Waals surface area contributed by atoms with Gasteiger partial charge >= 0.3 is 6.03 Å². The summed E-state index contributed by atoms with van der Waals surface area (Å²) in [5, 5.41) is 2.25. The highest BCUT2D eigenvalue weighted by Gasteiger charge is 2.36. The Bertz CT molecular complexity index is 1190. The fraction of sp³-hybridized carbons (Fsp3) is 0.0870. The van der Waals surface area contributed by atoms with Gasteiger partial charge in [0.1, 0.15) is 5.57 Å². The molecule has 1 aromatic heterocycles. The van der Waals surface area contributed by atoms with E-state index in [1.165, 1.54) is 6.08 Å². The number of benzene rings is 2. The summed E-state index contributed by atoms with van der Waals surface area (Å²) in [6, 6.07) is 17.5. The monoisotopic (exact) mass is 463 g/mol. The first kappa shape index (κ1) is 19.8. The van der Waals surface area contributed by atoms with Gasteiger partial charge in [-0.2, -0.15) is 0 Å². The number of carbonyl (C=O) groups excluding carboxylic acids is 3. The summed E-state index contributed by atoms with van der Waals surface area (Å²) in [5.41, 5.74) is 3.86. The Morgan fingerprint density at radius 3 is 2.23 bits per heavy atom. The summed E-state index contributed by atoms with van der Waals surface area (Å²) in [7, 11) is 0. The number of imide groups is 2. The molecule has 7 heteroatoms. The molecule has 6 nitrogen and oxygen atoms in total. The number of barbiturate groups is 1. The molecule has 0 bridgehead atoms. The fourth-order valence-electron chi connectivity index (χ4n) is 3.55. The van der Waals surface area contributed by atoms with Crippen molar-refractivity contribution in [3.8, 4) is 5.69 Å². The molecule has 30 heavy (non-hydrogen) atoms. The third kappa shape index (κ3) is 3.48. The van der Waals surface area contributed by atoms with E-state index >= 15 is 0 Å². The van der Waals surface area contributed by atoms with Crippen molar-refractivity contribution in [3.63, 3.8) is 0 Å². The minimum atomic E-state index is -0.756. The lowest BCUT2D eigenvalue weighted by atomic mass is 10.1. The number of halogens is 1. The molecule has 4 rings (SSSR count). The average Bonchev–Trinajstić information content (AvgIpc) is 3.00. The minimum Gasteiger partial charge on any atom is -0.318 e. The molecule has 1 aliphatic rings. The van der Waals surface area contributed by atoms with Crippen LogP contribution in [0.3, 0.4) is 0 Å². The van der Waals surface area contributed by atoms with Crippen LogP contribution in [0, 0.1) is 13.8 Å². The van der Waals surface area contributed by atoms with E-state index in [1.807, 2.05) is 48.7 Å². The number of urea groups is 1. The quantitative estimate of drug-likeness (QED) is 0.458. The Labute approximate surface area is 181 Å². The molecule has 1 fully saturated rings. The number of hydrogen-bond acceptors (Lipinski definition) is 3. The topological polar surface area (TPSA) is 71.4 Å². The molecule has 0 unspecified atom stereocenters. The Morgan fingerprint density at radius 2 is 1.57 bits per heavy atom. The van der Waals surface area contributed by atoms with Crippen molar-refractivity contribution in [2.45, 2.75) is 13.8 Å². The van der Waals surface area contributed by atoms with E-state index in [0.717, 1.165) is 32.0 Å². The zero-order valence-electron chi connectivity index (χ0n) is 16.3. The third-order valence-electron chi connectivity index (χ3n) is 4.97. The fourth-order valence-corrected chi connectivity index (χ4v) is 3.81. The number of aryl methyl sites for hydroxylation is 1. The van der Waals surface area contributed by atoms with Gasteiger partial charge in [0.15, 0.2) is 0 Å². The van der Waals surface area contributed by atoms with Crippen LogP contribution in [-0.4, -0.2) is 22.4 Å². The Kier molecular flexibility index (Phi) is 5.13. The van der Waals surface area contributed by atoms with Gasteiger partial charge in [-0.3, -0.25) is 14.9 Å². The smallest absolute Gasteiger partial charge is 0.318 e. The molecule has 1 N–H and O–H groups in total. The van der Waals surface area contributed by atoms with Crippen molar-refractivity contribution in [2.75, 3.05) is 4.90 Å². The van der Waals surface area contributed by atoms with Gasteiger partial charge in [-0.15, -0.1) is 0 Å². The molecule has 2 aromatic carbocycles. The van der Waals surface area contributed by atoms with E-state index < -0.39 is 17.8 Å².